The van der Waals surface area contributed by atoms with E-state index in [2.05, 4.69) is 29.2 Å². The van der Waals surface area contributed by atoms with Crippen LogP contribution in [-0.2, 0) is 24.3 Å². The smallest absolute Gasteiger partial charge is 0.303 e. The summed E-state index contributed by atoms with van der Waals surface area (Å²) in [7, 11) is 0. The summed E-state index contributed by atoms with van der Waals surface area (Å²) in [6, 6.07) is 0. The Kier molecular flexibility index (Phi) is 4.34. The van der Waals surface area contributed by atoms with Gasteiger partial charge in [-0.3, -0.25) is 4.79 Å². The lowest BCUT2D eigenvalue weighted by Crippen LogP contribution is -2.37. The SMILES string of the molecule is CCc1n(CC)cc[n+]1CCCC(=O)O. The highest BCUT2D eigenvalue weighted by atomic mass is 16.4. The van der Waals surface area contributed by atoms with Gasteiger partial charge in [0, 0.05) is 12.8 Å². The molecule has 0 aliphatic heterocycles. The Labute approximate surface area is 90.2 Å². The van der Waals surface area contributed by atoms with Crippen molar-refractivity contribution in [2.45, 2.75) is 46.2 Å². The topological polar surface area (TPSA) is 46.1 Å². The van der Waals surface area contributed by atoms with Gasteiger partial charge in [-0.25, -0.2) is 9.13 Å². The summed E-state index contributed by atoms with van der Waals surface area (Å²) < 4.78 is 4.34. The van der Waals surface area contributed by atoms with Crippen molar-refractivity contribution in [3.05, 3.63) is 18.2 Å². The number of aromatic nitrogens is 2. The van der Waals surface area contributed by atoms with Gasteiger partial charge in [-0.1, -0.05) is 6.92 Å². The van der Waals surface area contributed by atoms with Crippen LogP contribution in [0.2, 0.25) is 0 Å². The molecule has 1 N–H and O–H groups in total. The average Bonchev–Trinajstić information content (AvgIpc) is 2.59. The Morgan fingerprint density at radius 2 is 2.27 bits per heavy atom. The Morgan fingerprint density at radius 1 is 1.53 bits per heavy atom. The minimum atomic E-state index is -0.719. The van der Waals surface area contributed by atoms with Gasteiger partial charge >= 0.3 is 5.97 Å². The number of imidazole rings is 1. The van der Waals surface area contributed by atoms with Crippen LogP contribution in [0.5, 0.6) is 0 Å². The molecule has 0 aliphatic rings. The molecule has 0 fully saturated rings. The van der Waals surface area contributed by atoms with Crippen molar-refractivity contribution in [1.29, 1.82) is 0 Å². The zero-order valence-electron chi connectivity index (χ0n) is 9.44. The molecule has 0 amide bonds. The highest BCUT2D eigenvalue weighted by Crippen LogP contribution is 1.98. The average molecular weight is 211 g/mol. The molecule has 0 atom stereocenters. The second kappa shape index (κ2) is 5.53. The Hall–Kier alpha value is -1.32. The first-order valence-corrected chi connectivity index (χ1v) is 5.48. The van der Waals surface area contributed by atoms with E-state index in [1.165, 1.54) is 5.82 Å². The van der Waals surface area contributed by atoms with Gasteiger partial charge in [-0.2, -0.15) is 0 Å². The number of carboxylic acid groups (broad SMARTS) is 1. The van der Waals surface area contributed by atoms with E-state index in [-0.39, 0.29) is 6.42 Å². The lowest BCUT2D eigenvalue weighted by Gasteiger charge is -2.00. The number of hydrogen-bond acceptors (Lipinski definition) is 1. The summed E-state index contributed by atoms with van der Waals surface area (Å²) >= 11 is 0. The number of aryl methyl sites for hydroxylation is 2. The lowest BCUT2D eigenvalue weighted by atomic mass is 10.3. The third-order valence-corrected chi connectivity index (χ3v) is 2.54. The first-order valence-electron chi connectivity index (χ1n) is 5.48. The molecule has 1 aromatic heterocycles. The summed E-state index contributed by atoms with van der Waals surface area (Å²) in [6.45, 7) is 5.99. The summed E-state index contributed by atoms with van der Waals surface area (Å²) in [5.41, 5.74) is 0. The molecule has 0 aliphatic carbocycles. The molecule has 84 valence electrons. The minimum Gasteiger partial charge on any atom is -0.481 e. The first kappa shape index (κ1) is 11.8. The summed E-state index contributed by atoms with van der Waals surface area (Å²) in [4.78, 5) is 10.4. The molecule has 4 heteroatoms. The van der Waals surface area contributed by atoms with Crippen molar-refractivity contribution in [2.75, 3.05) is 0 Å². The van der Waals surface area contributed by atoms with Crippen LogP contribution in [0.1, 0.15) is 32.5 Å². The Morgan fingerprint density at radius 3 is 2.80 bits per heavy atom. The fourth-order valence-electron chi connectivity index (χ4n) is 1.80. The molecule has 1 aromatic rings. The van der Waals surface area contributed by atoms with Gasteiger partial charge in [0.2, 0.25) is 0 Å². The number of nitrogens with zero attached hydrogens (tertiary/aromatic N) is 2. The van der Waals surface area contributed by atoms with Crippen LogP contribution < -0.4 is 4.57 Å². The molecular formula is C11H19N2O2+. The van der Waals surface area contributed by atoms with Crippen molar-refractivity contribution in [3.8, 4) is 0 Å². The van der Waals surface area contributed by atoms with Crippen molar-refractivity contribution >= 4 is 5.97 Å². The molecule has 0 spiro atoms. The largest absolute Gasteiger partial charge is 0.481 e. The normalized spacial score (nSPS) is 10.5. The maximum atomic E-state index is 10.4. The van der Waals surface area contributed by atoms with Crippen LogP contribution in [0, 0.1) is 0 Å². The molecule has 0 saturated carbocycles. The van der Waals surface area contributed by atoms with Gasteiger partial charge in [0.25, 0.3) is 5.82 Å². The molecule has 1 rings (SSSR count). The van der Waals surface area contributed by atoms with Gasteiger partial charge in [0.15, 0.2) is 0 Å². The number of rotatable bonds is 6. The van der Waals surface area contributed by atoms with E-state index in [4.69, 9.17) is 5.11 Å². The van der Waals surface area contributed by atoms with E-state index in [0.29, 0.717) is 6.42 Å². The van der Waals surface area contributed by atoms with Crippen LogP contribution in [0.3, 0.4) is 0 Å². The summed E-state index contributed by atoms with van der Waals surface area (Å²) in [5.74, 6) is 0.548. The number of carbonyl (C=O) groups is 1. The van der Waals surface area contributed by atoms with Crippen molar-refractivity contribution in [2.24, 2.45) is 0 Å². The summed E-state index contributed by atoms with van der Waals surface area (Å²) in [6.07, 6.45) is 6.01. The van der Waals surface area contributed by atoms with Gasteiger partial charge in [-0.05, 0) is 13.3 Å². The standard InChI is InChI=1S/C11H18N2O2/c1-3-10-12(4-2)8-9-13(10)7-5-6-11(14)15/h8-9H,3-7H2,1-2H3/p+1. The second-order valence-corrected chi connectivity index (χ2v) is 3.54. The zero-order valence-corrected chi connectivity index (χ0v) is 9.44. The predicted molar refractivity (Wildman–Crippen MR) is 56.5 cm³/mol. The van der Waals surface area contributed by atoms with Gasteiger partial charge in [0.1, 0.15) is 12.4 Å². The molecular weight excluding hydrogens is 192 g/mol. The highest BCUT2D eigenvalue weighted by Gasteiger charge is 2.13. The fraction of sp³-hybridized carbons (Fsp3) is 0.636. The monoisotopic (exact) mass is 211 g/mol. The molecule has 0 bridgehead atoms. The lowest BCUT2D eigenvalue weighted by molar-refractivity contribution is -0.704. The third kappa shape index (κ3) is 3.08. The van der Waals surface area contributed by atoms with Crippen molar-refractivity contribution in [1.82, 2.24) is 4.57 Å². The molecule has 1 heterocycles. The zero-order chi connectivity index (χ0) is 11.3. The number of aliphatic carboxylic acids is 1. The number of hydrogen-bond donors (Lipinski definition) is 1. The van der Waals surface area contributed by atoms with Crippen molar-refractivity contribution in [3.63, 3.8) is 0 Å². The molecule has 0 unspecified atom stereocenters. The molecule has 0 aromatic carbocycles. The van der Waals surface area contributed by atoms with Crippen molar-refractivity contribution < 1.29 is 14.5 Å². The van der Waals surface area contributed by atoms with E-state index >= 15 is 0 Å². The maximum absolute atomic E-state index is 10.4. The minimum absolute atomic E-state index is 0.244. The summed E-state index contributed by atoms with van der Waals surface area (Å²) in [5, 5.41) is 8.55. The fourth-order valence-corrected chi connectivity index (χ4v) is 1.80. The quantitative estimate of drug-likeness (QED) is 0.719. The van der Waals surface area contributed by atoms with E-state index < -0.39 is 5.97 Å². The van der Waals surface area contributed by atoms with Gasteiger partial charge in [-0.15, -0.1) is 0 Å². The first-order chi connectivity index (χ1) is 7.19. The predicted octanol–water partition coefficient (Wildman–Crippen LogP) is 1.22. The van der Waals surface area contributed by atoms with E-state index in [9.17, 15) is 4.79 Å². The molecule has 0 radical (unpaired) electrons. The maximum Gasteiger partial charge on any atom is 0.303 e. The second-order valence-electron chi connectivity index (χ2n) is 3.54. The Balaban J connectivity index is 2.60. The van der Waals surface area contributed by atoms with Crippen LogP contribution >= 0.6 is 0 Å². The molecule has 4 nitrogen and oxygen atoms in total. The van der Waals surface area contributed by atoms with E-state index in [0.717, 1.165) is 19.5 Å². The van der Waals surface area contributed by atoms with Gasteiger partial charge < -0.3 is 5.11 Å². The molecule has 0 saturated heterocycles. The Bertz CT molecular complexity index is 331. The number of carboxylic acids is 1. The molecule has 15 heavy (non-hydrogen) atoms. The third-order valence-electron chi connectivity index (χ3n) is 2.54. The van der Waals surface area contributed by atoms with E-state index in [1.54, 1.807) is 0 Å². The van der Waals surface area contributed by atoms with Crippen LogP contribution in [-0.4, -0.2) is 15.6 Å². The van der Waals surface area contributed by atoms with E-state index in [1.807, 2.05) is 6.20 Å². The van der Waals surface area contributed by atoms with Gasteiger partial charge in [0.05, 0.1) is 13.1 Å². The van der Waals surface area contributed by atoms with Crippen LogP contribution in [0.4, 0.5) is 0 Å². The highest BCUT2D eigenvalue weighted by molar-refractivity contribution is 5.66. The van der Waals surface area contributed by atoms with Crippen LogP contribution in [0.25, 0.3) is 0 Å². The van der Waals surface area contributed by atoms with Crippen LogP contribution in [0.15, 0.2) is 12.4 Å².